The van der Waals surface area contributed by atoms with E-state index in [0.29, 0.717) is 30.5 Å². The molecule has 0 fully saturated rings. The van der Waals surface area contributed by atoms with Crippen LogP contribution in [0.2, 0.25) is 0 Å². The molecule has 0 spiro atoms. The minimum Gasteiger partial charge on any atom is -0.484 e. The minimum absolute atomic E-state index is 0.201. The number of hydrogen-bond donors (Lipinski definition) is 1. The Labute approximate surface area is 150 Å². The number of rotatable bonds is 6. The maximum atomic E-state index is 12.1. The Kier molecular flexibility index (Phi) is 6.58. The molecule has 1 aliphatic heterocycles. The molecule has 1 N–H and O–H groups in total. The number of aliphatic imine (C=N–C) groups is 1. The Balaban J connectivity index is 1.83. The van der Waals surface area contributed by atoms with E-state index in [1.807, 2.05) is 18.9 Å². The van der Waals surface area contributed by atoms with Gasteiger partial charge in [-0.05, 0) is 30.5 Å². The van der Waals surface area contributed by atoms with Crippen LogP contribution in [0.3, 0.4) is 0 Å². The molecule has 0 aromatic heterocycles. The standard InChI is InChI=1S/C17H21ClF3N3O/c1-3-14-15(18)16(23-11-24(14)2)22-9-8-12-4-6-13(7-5-12)25-10-17(19,20)21/h4-7H,3,8-11H2,1-2H3,(H,22,23). The van der Waals surface area contributed by atoms with Gasteiger partial charge in [0.1, 0.15) is 23.3 Å². The summed E-state index contributed by atoms with van der Waals surface area (Å²) in [6, 6.07) is 6.57. The molecule has 0 saturated carbocycles. The van der Waals surface area contributed by atoms with Gasteiger partial charge in [0.25, 0.3) is 0 Å². The first-order chi connectivity index (χ1) is 11.8. The number of nitrogens with zero attached hydrogens (tertiary/aromatic N) is 2. The zero-order chi connectivity index (χ0) is 18.4. The number of alkyl halides is 3. The summed E-state index contributed by atoms with van der Waals surface area (Å²) in [5, 5.41) is 3.85. The summed E-state index contributed by atoms with van der Waals surface area (Å²) in [6.45, 7) is 1.94. The predicted octanol–water partition coefficient (Wildman–Crippen LogP) is 3.92. The first-order valence-corrected chi connectivity index (χ1v) is 8.35. The van der Waals surface area contributed by atoms with Crippen LogP contribution in [0.1, 0.15) is 18.9 Å². The molecular weight excluding hydrogens is 355 g/mol. The molecule has 0 saturated heterocycles. The van der Waals surface area contributed by atoms with Crippen LogP contribution in [0, 0.1) is 0 Å². The third kappa shape index (κ3) is 5.85. The van der Waals surface area contributed by atoms with E-state index in [4.69, 9.17) is 11.6 Å². The highest BCUT2D eigenvalue weighted by Crippen LogP contribution is 2.21. The molecule has 2 rings (SSSR count). The van der Waals surface area contributed by atoms with Crippen molar-refractivity contribution >= 4 is 17.4 Å². The molecule has 0 radical (unpaired) electrons. The molecule has 0 aliphatic carbocycles. The van der Waals surface area contributed by atoms with Gasteiger partial charge < -0.3 is 15.0 Å². The number of nitrogens with one attached hydrogen (secondary N) is 1. The predicted molar refractivity (Wildman–Crippen MR) is 92.9 cm³/mol. The number of hydrogen-bond acceptors (Lipinski definition) is 4. The Morgan fingerprint density at radius 1 is 1.28 bits per heavy atom. The molecule has 8 heteroatoms. The molecule has 0 unspecified atom stereocenters. The highest BCUT2D eigenvalue weighted by atomic mass is 35.5. The number of benzene rings is 1. The van der Waals surface area contributed by atoms with Crippen molar-refractivity contribution in [3.05, 3.63) is 40.6 Å². The van der Waals surface area contributed by atoms with Crippen molar-refractivity contribution in [2.75, 3.05) is 26.9 Å². The van der Waals surface area contributed by atoms with Crippen LogP contribution in [0.15, 0.2) is 40.0 Å². The number of allylic oxidation sites excluding steroid dienone is 1. The van der Waals surface area contributed by atoms with Crippen molar-refractivity contribution in [3.8, 4) is 5.75 Å². The van der Waals surface area contributed by atoms with Crippen molar-refractivity contribution in [3.63, 3.8) is 0 Å². The summed E-state index contributed by atoms with van der Waals surface area (Å²) in [4.78, 5) is 6.40. The normalized spacial score (nSPS) is 15.3. The van der Waals surface area contributed by atoms with Gasteiger partial charge in [0, 0.05) is 19.3 Å². The fraction of sp³-hybridized carbons (Fsp3) is 0.471. The lowest BCUT2D eigenvalue weighted by molar-refractivity contribution is -0.153. The van der Waals surface area contributed by atoms with Crippen molar-refractivity contribution in [2.24, 2.45) is 4.99 Å². The zero-order valence-electron chi connectivity index (χ0n) is 14.2. The maximum absolute atomic E-state index is 12.1. The summed E-state index contributed by atoms with van der Waals surface area (Å²) in [6.07, 6.45) is -2.81. The van der Waals surface area contributed by atoms with Gasteiger partial charge in [0.05, 0.1) is 0 Å². The number of halogens is 4. The van der Waals surface area contributed by atoms with Gasteiger partial charge in [-0.1, -0.05) is 30.7 Å². The number of ether oxygens (including phenoxy) is 1. The maximum Gasteiger partial charge on any atom is 0.422 e. The van der Waals surface area contributed by atoms with E-state index in [1.165, 1.54) is 12.1 Å². The summed E-state index contributed by atoms with van der Waals surface area (Å²) in [5.74, 6) is 0.883. The Morgan fingerprint density at radius 2 is 1.96 bits per heavy atom. The Bertz CT molecular complexity index is 642. The van der Waals surface area contributed by atoms with E-state index in [0.717, 1.165) is 17.7 Å². The van der Waals surface area contributed by atoms with Crippen molar-refractivity contribution < 1.29 is 17.9 Å². The van der Waals surface area contributed by atoms with Crippen molar-refractivity contribution in [1.29, 1.82) is 0 Å². The van der Waals surface area contributed by atoms with Crippen LogP contribution in [0.4, 0.5) is 13.2 Å². The van der Waals surface area contributed by atoms with Gasteiger partial charge in [0.2, 0.25) is 0 Å². The average Bonchev–Trinajstić information content (AvgIpc) is 2.56. The van der Waals surface area contributed by atoms with Crippen LogP contribution in [-0.4, -0.2) is 43.8 Å². The summed E-state index contributed by atoms with van der Waals surface area (Å²) >= 11 is 6.35. The lowest BCUT2D eigenvalue weighted by Gasteiger charge is -2.27. The summed E-state index contributed by atoms with van der Waals surface area (Å²) in [5.41, 5.74) is 2.03. The fourth-order valence-electron chi connectivity index (χ4n) is 2.44. The van der Waals surface area contributed by atoms with Crippen LogP contribution in [-0.2, 0) is 6.42 Å². The van der Waals surface area contributed by atoms with E-state index in [-0.39, 0.29) is 5.75 Å². The first-order valence-electron chi connectivity index (χ1n) is 7.97. The Hall–Kier alpha value is -1.89. The molecule has 4 nitrogen and oxygen atoms in total. The second kappa shape index (κ2) is 8.47. The van der Waals surface area contributed by atoms with Gasteiger partial charge in [-0.25, -0.2) is 4.99 Å². The molecular formula is C17H21ClF3N3O. The van der Waals surface area contributed by atoms with Crippen LogP contribution in [0.25, 0.3) is 0 Å². The smallest absolute Gasteiger partial charge is 0.422 e. The molecule has 1 heterocycles. The van der Waals surface area contributed by atoms with Crippen LogP contribution >= 0.6 is 11.6 Å². The van der Waals surface area contributed by atoms with Crippen molar-refractivity contribution in [2.45, 2.75) is 25.9 Å². The Morgan fingerprint density at radius 3 is 2.56 bits per heavy atom. The monoisotopic (exact) mass is 375 g/mol. The third-order valence-electron chi connectivity index (χ3n) is 3.73. The fourth-order valence-corrected chi connectivity index (χ4v) is 2.84. The van der Waals surface area contributed by atoms with Crippen LogP contribution < -0.4 is 10.1 Å². The molecule has 0 amide bonds. The zero-order valence-corrected chi connectivity index (χ0v) is 14.9. The van der Waals surface area contributed by atoms with E-state index >= 15 is 0 Å². The van der Waals surface area contributed by atoms with Crippen LogP contribution in [0.5, 0.6) is 5.75 Å². The lowest BCUT2D eigenvalue weighted by atomic mass is 10.1. The van der Waals surface area contributed by atoms with E-state index in [1.54, 1.807) is 12.1 Å². The quantitative estimate of drug-likeness (QED) is 0.818. The molecule has 0 bridgehead atoms. The largest absolute Gasteiger partial charge is 0.484 e. The molecule has 25 heavy (non-hydrogen) atoms. The third-order valence-corrected chi connectivity index (χ3v) is 4.13. The highest BCUT2D eigenvalue weighted by Gasteiger charge is 2.28. The van der Waals surface area contributed by atoms with E-state index < -0.39 is 12.8 Å². The highest BCUT2D eigenvalue weighted by molar-refractivity contribution is 6.43. The first kappa shape index (κ1) is 19.4. The SMILES string of the molecule is CCC1=C(Cl)C(NCCc2ccc(OCC(F)(F)F)cc2)=NCN1C. The van der Waals surface area contributed by atoms with Gasteiger partial charge in [-0.15, -0.1) is 0 Å². The van der Waals surface area contributed by atoms with Gasteiger partial charge in [-0.3, -0.25) is 0 Å². The second-order valence-corrected chi connectivity index (χ2v) is 6.06. The molecule has 0 atom stereocenters. The van der Waals surface area contributed by atoms with E-state index in [2.05, 4.69) is 15.0 Å². The van der Waals surface area contributed by atoms with Gasteiger partial charge in [0.15, 0.2) is 6.61 Å². The molecule has 1 aliphatic rings. The van der Waals surface area contributed by atoms with Crippen molar-refractivity contribution in [1.82, 2.24) is 10.2 Å². The second-order valence-electron chi connectivity index (χ2n) is 5.68. The van der Waals surface area contributed by atoms with Gasteiger partial charge in [-0.2, -0.15) is 13.2 Å². The lowest BCUT2D eigenvalue weighted by Crippen LogP contribution is -2.34. The molecule has 138 valence electrons. The average molecular weight is 376 g/mol. The minimum atomic E-state index is -4.33. The summed E-state index contributed by atoms with van der Waals surface area (Å²) < 4.78 is 41.0. The molecule has 1 aromatic carbocycles. The summed E-state index contributed by atoms with van der Waals surface area (Å²) in [7, 11) is 1.95. The number of amidine groups is 1. The topological polar surface area (TPSA) is 36.9 Å². The van der Waals surface area contributed by atoms with Gasteiger partial charge >= 0.3 is 6.18 Å². The van der Waals surface area contributed by atoms with E-state index in [9.17, 15) is 13.2 Å². The molecule has 1 aromatic rings.